The standard InChI is InChI=1S/C15H13BrCl2N2O/c1-9(6-10-4-2-3-5-13(10)17)20-15(21)12-7-11(16)8-19-14(12)18/h2-5,7-9H,6H2,1H3,(H,20,21). The number of carbonyl (C=O) groups is 1. The minimum absolute atomic E-state index is 0.0764. The molecule has 0 saturated carbocycles. The molecular formula is C15H13BrCl2N2O. The molecule has 2 aromatic rings. The average Bonchev–Trinajstić information content (AvgIpc) is 2.44. The second kappa shape index (κ2) is 7.25. The third-order valence-electron chi connectivity index (χ3n) is 2.91. The summed E-state index contributed by atoms with van der Waals surface area (Å²) < 4.78 is 0.704. The first-order valence-electron chi connectivity index (χ1n) is 6.32. The lowest BCUT2D eigenvalue weighted by Gasteiger charge is -2.15. The number of halogens is 3. The Morgan fingerprint density at radius 3 is 2.81 bits per heavy atom. The molecule has 1 atom stereocenters. The van der Waals surface area contributed by atoms with Gasteiger partial charge in [0.2, 0.25) is 0 Å². The van der Waals surface area contributed by atoms with Gasteiger partial charge in [-0.25, -0.2) is 4.98 Å². The molecule has 0 fully saturated rings. The highest BCUT2D eigenvalue weighted by atomic mass is 79.9. The van der Waals surface area contributed by atoms with Gasteiger partial charge < -0.3 is 5.32 Å². The number of rotatable bonds is 4. The highest BCUT2D eigenvalue weighted by molar-refractivity contribution is 9.10. The SMILES string of the molecule is CC(Cc1ccccc1Cl)NC(=O)c1cc(Br)cnc1Cl. The monoisotopic (exact) mass is 386 g/mol. The van der Waals surface area contributed by atoms with E-state index in [0.717, 1.165) is 5.56 Å². The van der Waals surface area contributed by atoms with Crippen molar-refractivity contribution < 1.29 is 4.79 Å². The number of carbonyl (C=O) groups excluding carboxylic acids is 1. The topological polar surface area (TPSA) is 42.0 Å². The van der Waals surface area contributed by atoms with E-state index in [9.17, 15) is 4.79 Å². The summed E-state index contributed by atoms with van der Waals surface area (Å²) >= 11 is 15.3. The molecule has 1 unspecified atom stereocenters. The van der Waals surface area contributed by atoms with Gasteiger partial charge in [0.1, 0.15) is 5.15 Å². The molecule has 110 valence electrons. The van der Waals surface area contributed by atoms with Gasteiger partial charge in [0, 0.05) is 21.7 Å². The van der Waals surface area contributed by atoms with E-state index in [0.29, 0.717) is 21.5 Å². The molecule has 1 aromatic heterocycles. The van der Waals surface area contributed by atoms with Crippen molar-refractivity contribution >= 4 is 45.0 Å². The van der Waals surface area contributed by atoms with Crippen LogP contribution in [0.5, 0.6) is 0 Å². The van der Waals surface area contributed by atoms with Gasteiger partial charge in [-0.1, -0.05) is 41.4 Å². The Kier molecular flexibility index (Phi) is 5.62. The molecule has 0 aliphatic carbocycles. The molecule has 0 spiro atoms. The fraction of sp³-hybridized carbons (Fsp3) is 0.200. The molecular weight excluding hydrogens is 375 g/mol. The minimum atomic E-state index is -0.256. The molecule has 1 amide bonds. The Morgan fingerprint density at radius 2 is 2.10 bits per heavy atom. The Hall–Kier alpha value is -1.10. The van der Waals surface area contributed by atoms with Crippen LogP contribution >= 0.6 is 39.1 Å². The Labute approximate surface area is 141 Å². The van der Waals surface area contributed by atoms with Gasteiger partial charge in [-0.3, -0.25) is 4.79 Å². The maximum atomic E-state index is 12.2. The van der Waals surface area contributed by atoms with E-state index in [-0.39, 0.29) is 17.1 Å². The molecule has 0 aliphatic heterocycles. The van der Waals surface area contributed by atoms with Crippen LogP contribution in [0.15, 0.2) is 41.0 Å². The van der Waals surface area contributed by atoms with Crippen LogP contribution in [0.2, 0.25) is 10.2 Å². The lowest BCUT2D eigenvalue weighted by atomic mass is 10.1. The van der Waals surface area contributed by atoms with Crippen LogP contribution in [0, 0.1) is 0 Å². The summed E-state index contributed by atoms with van der Waals surface area (Å²) in [6.07, 6.45) is 2.19. The molecule has 21 heavy (non-hydrogen) atoms. The summed E-state index contributed by atoms with van der Waals surface area (Å²) in [4.78, 5) is 16.2. The van der Waals surface area contributed by atoms with Crippen LogP contribution in [0.3, 0.4) is 0 Å². The first-order chi connectivity index (χ1) is 9.97. The molecule has 1 N–H and O–H groups in total. The lowest BCUT2D eigenvalue weighted by molar-refractivity contribution is 0.0940. The largest absolute Gasteiger partial charge is 0.349 e. The number of hydrogen-bond acceptors (Lipinski definition) is 2. The molecule has 0 bridgehead atoms. The van der Waals surface area contributed by atoms with Gasteiger partial charge in [-0.15, -0.1) is 0 Å². The van der Waals surface area contributed by atoms with Gasteiger partial charge >= 0.3 is 0 Å². The molecule has 0 aliphatic rings. The first kappa shape index (κ1) is 16.3. The zero-order valence-electron chi connectivity index (χ0n) is 11.2. The van der Waals surface area contributed by atoms with Crippen molar-refractivity contribution in [1.82, 2.24) is 10.3 Å². The number of nitrogens with one attached hydrogen (secondary N) is 1. The summed E-state index contributed by atoms with van der Waals surface area (Å²) in [5, 5.41) is 3.77. The van der Waals surface area contributed by atoms with Crippen LogP contribution in [0.4, 0.5) is 0 Å². The first-order valence-corrected chi connectivity index (χ1v) is 7.87. The second-order valence-corrected chi connectivity index (χ2v) is 6.34. The predicted octanol–water partition coefficient (Wildman–Crippen LogP) is 4.51. The van der Waals surface area contributed by atoms with Crippen molar-refractivity contribution in [2.45, 2.75) is 19.4 Å². The molecule has 3 nitrogen and oxygen atoms in total. The Morgan fingerprint density at radius 1 is 1.38 bits per heavy atom. The maximum Gasteiger partial charge on any atom is 0.254 e. The number of benzene rings is 1. The van der Waals surface area contributed by atoms with E-state index in [1.807, 2.05) is 31.2 Å². The van der Waals surface area contributed by atoms with E-state index < -0.39 is 0 Å². The molecule has 0 radical (unpaired) electrons. The molecule has 1 aromatic carbocycles. The number of amides is 1. The number of nitrogens with zero attached hydrogens (tertiary/aromatic N) is 1. The maximum absolute atomic E-state index is 12.2. The fourth-order valence-electron chi connectivity index (χ4n) is 1.93. The van der Waals surface area contributed by atoms with Crippen LogP contribution in [0.25, 0.3) is 0 Å². The summed E-state index contributed by atoms with van der Waals surface area (Å²) in [5.41, 5.74) is 1.34. The van der Waals surface area contributed by atoms with E-state index >= 15 is 0 Å². The average molecular weight is 388 g/mol. The van der Waals surface area contributed by atoms with Crippen molar-refractivity contribution in [3.8, 4) is 0 Å². The third-order valence-corrected chi connectivity index (χ3v) is 4.02. The summed E-state index contributed by atoms with van der Waals surface area (Å²) in [7, 11) is 0. The predicted molar refractivity (Wildman–Crippen MR) is 89.0 cm³/mol. The number of hydrogen-bond donors (Lipinski definition) is 1. The smallest absolute Gasteiger partial charge is 0.254 e. The van der Waals surface area contributed by atoms with E-state index in [2.05, 4.69) is 26.2 Å². The second-order valence-electron chi connectivity index (χ2n) is 4.66. The van der Waals surface area contributed by atoms with Crippen molar-refractivity contribution in [1.29, 1.82) is 0 Å². The molecule has 1 heterocycles. The zero-order chi connectivity index (χ0) is 15.4. The third kappa shape index (κ3) is 4.43. The highest BCUT2D eigenvalue weighted by Gasteiger charge is 2.15. The van der Waals surface area contributed by atoms with Crippen LogP contribution in [0.1, 0.15) is 22.8 Å². The quantitative estimate of drug-likeness (QED) is 0.784. The van der Waals surface area contributed by atoms with Gasteiger partial charge in [-0.2, -0.15) is 0 Å². The van der Waals surface area contributed by atoms with Crippen molar-refractivity contribution in [2.75, 3.05) is 0 Å². The van der Waals surface area contributed by atoms with Gasteiger partial charge in [0.05, 0.1) is 5.56 Å². The van der Waals surface area contributed by atoms with Gasteiger partial charge in [0.25, 0.3) is 5.91 Å². The van der Waals surface area contributed by atoms with E-state index in [1.54, 1.807) is 12.3 Å². The highest BCUT2D eigenvalue weighted by Crippen LogP contribution is 2.19. The minimum Gasteiger partial charge on any atom is -0.349 e. The zero-order valence-corrected chi connectivity index (χ0v) is 14.3. The van der Waals surface area contributed by atoms with Crippen molar-refractivity contribution in [3.05, 3.63) is 62.3 Å². The van der Waals surface area contributed by atoms with Crippen molar-refractivity contribution in [3.63, 3.8) is 0 Å². The summed E-state index contributed by atoms with van der Waals surface area (Å²) in [6, 6.07) is 9.14. The van der Waals surface area contributed by atoms with Crippen molar-refractivity contribution in [2.24, 2.45) is 0 Å². The van der Waals surface area contributed by atoms with Gasteiger partial charge in [-0.05, 0) is 47.0 Å². The molecule has 0 saturated heterocycles. The van der Waals surface area contributed by atoms with Crippen LogP contribution in [-0.2, 0) is 6.42 Å². The lowest BCUT2D eigenvalue weighted by Crippen LogP contribution is -2.34. The van der Waals surface area contributed by atoms with E-state index in [4.69, 9.17) is 23.2 Å². The van der Waals surface area contributed by atoms with Crippen LogP contribution in [-0.4, -0.2) is 16.9 Å². The molecule has 6 heteroatoms. The fourth-order valence-corrected chi connectivity index (χ4v) is 2.66. The Balaban J connectivity index is 2.06. The molecule has 2 rings (SSSR count). The van der Waals surface area contributed by atoms with Gasteiger partial charge in [0.15, 0.2) is 0 Å². The Bertz CT molecular complexity index is 664. The van der Waals surface area contributed by atoms with E-state index in [1.165, 1.54) is 0 Å². The number of aromatic nitrogens is 1. The summed E-state index contributed by atoms with van der Waals surface area (Å²) in [6.45, 7) is 1.92. The normalized spacial score (nSPS) is 12.0. The number of pyridine rings is 1. The van der Waals surface area contributed by atoms with Crippen LogP contribution < -0.4 is 5.32 Å². The summed E-state index contributed by atoms with van der Waals surface area (Å²) in [5.74, 6) is -0.256.